The summed E-state index contributed by atoms with van der Waals surface area (Å²) in [6.45, 7) is 9.53. The van der Waals surface area contributed by atoms with Crippen LogP contribution < -0.4 is 5.32 Å². The normalized spacial score (nSPS) is 12.5. The Labute approximate surface area is 150 Å². The van der Waals surface area contributed by atoms with E-state index in [1.165, 1.54) is 22.2 Å². The van der Waals surface area contributed by atoms with Crippen LogP contribution in [0.25, 0.3) is 10.9 Å². The second-order valence-electron chi connectivity index (χ2n) is 6.36. The SMILES string of the molecule is CCN(CC)C(CNc1c(C)cnc2ccccc12)c1ccccc1. The number of anilines is 1. The molecule has 1 atom stereocenters. The van der Waals surface area contributed by atoms with Crippen molar-refractivity contribution in [2.45, 2.75) is 26.8 Å². The van der Waals surface area contributed by atoms with Crippen LogP contribution in [0.4, 0.5) is 5.69 Å². The number of nitrogens with one attached hydrogen (secondary N) is 1. The third-order valence-corrected chi connectivity index (χ3v) is 4.87. The highest BCUT2D eigenvalue weighted by molar-refractivity contribution is 5.92. The zero-order valence-electron chi connectivity index (χ0n) is 15.4. The van der Waals surface area contributed by atoms with E-state index in [0.717, 1.165) is 25.2 Å². The van der Waals surface area contributed by atoms with E-state index < -0.39 is 0 Å². The fourth-order valence-corrected chi connectivity index (χ4v) is 3.47. The summed E-state index contributed by atoms with van der Waals surface area (Å²) in [5, 5.41) is 4.91. The van der Waals surface area contributed by atoms with Crippen LogP contribution in [0.3, 0.4) is 0 Å². The second-order valence-corrected chi connectivity index (χ2v) is 6.36. The van der Waals surface area contributed by atoms with Crippen molar-refractivity contribution in [3.05, 3.63) is 71.9 Å². The average molecular weight is 333 g/mol. The first-order valence-electron chi connectivity index (χ1n) is 9.11. The summed E-state index contributed by atoms with van der Waals surface area (Å²) >= 11 is 0. The van der Waals surface area contributed by atoms with Gasteiger partial charge in [0.2, 0.25) is 0 Å². The highest BCUT2D eigenvalue weighted by atomic mass is 15.2. The molecule has 3 rings (SSSR count). The topological polar surface area (TPSA) is 28.2 Å². The summed E-state index contributed by atoms with van der Waals surface area (Å²) in [5.74, 6) is 0. The molecule has 1 unspecified atom stereocenters. The lowest BCUT2D eigenvalue weighted by Crippen LogP contribution is -2.33. The molecule has 0 saturated carbocycles. The minimum Gasteiger partial charge on any atom is -0.382 e. The Morgan fingerprint density at radius 2 is 1.64 bits per heavy atom. The van der Waals surface area contributed by atoms with Crippen LogP contribution in [-0.4, -0.2) is 29.5 Å². The van der Waals surface area contributed by atoms with E-state index >= 15 is 0 Å². The van der Waals surface area contributed by atoms with Gasteiger partial charge in [-0.1, -0.05) is 62.4 Å². The summed E-state index contributed by atoms with van der Waals surface area (Å²) in [5.41, 5.74) is 4.77. The number of pyridine rings is 1. The van der Waals surface area contributed by atoms with Crippen molar-refractivity contribution in [2.75, 3.05) is 25.0 Å². The summed E-state index contributed by atoms with van der Waals surface area (Å²) in [7, 11) is 0. The van der Waals surface area contributed by atoms with Crippen LogP contribution in [0.5, 0.6) is 0 Å². The Bertz CT molecular complexity index is 810. The van der Waals surface area contributed by atoms with E-state index in [2.05, 4.69) is 84.5 Å². The van der Waals surface area contributed by atoms with Crippen LogP contribution in [-0.2, 0) is 0 Å². The summed E-state index contributed by atoms with van der Waals surface area (Å²) in [4.78, 5) is 7.04. The quantitative estimate of drug-likeness (QED) is 0.656. The van der Waals surface area contributed by atoms with Crippen LogP contribution in [0.15, 0.2) is 60.8 Å². The molecule has 0 amide bonds. The third kappa shape index (κ3) is 3.83. The van der Waals surface area contributed by atoms with E-state index in [1.807, 2.05) is 12.3 Å². The minimum absolute atomic E-state index is 0.350. The fraction of sp³-hybridized carbons (Fsp3) is 0.318. The number of hydrogen-bond acceptors (Lipinski definition) is 3. The molecule has 130 valence electrons. The monoisotopic (exact) mass is 333 g/mol. The van der Waals surface area contributed by atoms with Crippen LogP contribution in [0.2, 0.25) is 0 Å². The Morgan fingerprint density at radius 3 is 2.36 bits per heavy atom. The molecule has 1 aromatic heterocycles. The molecular formula is C22H27N3. The van der Waals surface area contributed by atoms with Crippen molar-refractivity contribution in [2.24, 2.45) is 0 Å². The Morgan fingerprint density at radius 1 is 0.960 bits per heavy atom. The van der Waals surface area contributed by atoms with Gasteiger partial charge in [0.1, 0.15) is 0 Å². The molecule has 1 N–H and O–H groups in total. The van der Waals surface area contributed by atoms with Crippen LogP contribution in [0, 0.1) is 6.92 Å². The molecule has 0 saturated heterocycles. The van der Waals surface area contributed by atoms with Crippen LogP contribution >= 0.6 is 0 Å². The Hall–Kier alpha value is -2.39. The lowest BCUT2D eigenvalue weighted by Gasteiger charge is -2.31. The standard InChI is InChI=1S/C22H27N3/c1-4-25(5-2)21(18-11-7-6-8-12-18)16-24-22-17(3)15-23-20-14-10-9-13-19(20)22/h6-15,21H,4-5,16H2,1-3H3,(H,23,24). The number of nitrogens with zero attached hydrogens (tertiary/aromatic N) is 2. The molecule has 3 aromatic rings. The molecule has 0 fully saturated rings. The van der Waals surface area contributed by atoms with Gasteiger partial charge in [-0.05, 0) is 37.2 Å². The molecule has 0 spiro atoms. The van der Waals surface area contributed by atoms with Gasteiger partial charge < -0.3 is 5.32 Å². The molecular weight excluding hydrogens is 306 g/mol. The summed E-state index contributed by atoms with van der Waals surface area (Å²) < 4.78 is 0. The molecule has 0 aliphatic heterocycles. The predicted molar refractivity (Wildman–Crippen MR) is 107 cm³/mol. The van der Waals surface area contributed by atoms with Crippen molar-refractivity contribution < 1.29 is 0 Å². The molecule has 0 bridgehead atoms. The average Bonchev–Trinajstić information content (AvgIpc) is 2.67. The molecule has 0 aliphatic rings. The van der Waals surface area contributed by atoms with Gasteiger partial charge in [-0.3, -0.25) is 9.88 Å². The largest absolute Gasteiger partial charge is 0.382 e. The van der Waals surface area contributed by atoms with Gasteiger partial charge in [-0.15, -0.1) is 0 Å². The number of aromatic nitrogens is 1. The van der Waals surface area contributed by atoms with Gasteiger partial charge in [0.15, 0.2) is 0 Å². The number of aryl methyl sites for hydroxylation is 1. The van der Waals surface area contributed by atoms with Crippen molar-refractivity contribution in [3.8, 4) is 0 Å². The maximum absolute atomic E-state index is 4.54. The van der Waals surface area contributed by atoms with E-state index in [1.54, 1.807) is 0 Å². The molecule has 25 heavy (non-hydrogen) atoms. The Balaban J connectivity index is 1.90. The van der Waals surface area contributed by atoms with Gasteiger partial charge >= 0.3 is 0 Å². The number of rotatable bonds is 7. The maximum atomic E-state index is 4.54. The van der Waals surface area contributed by atoms with Crippen molar-refractivity contribution >= 4 is 16.6 Å². The van der Waals surface area contributed by atoms with E-state index in [-0.39, 0.29) is 0 Å². The third-order valence-electron chi connectivity index (χ3n) is 4.87. The first-order chi connectivity index (χ1) is 12.2. The van der Waals surface area contributed by atoms with E-state index in [0.29, 0.717) is 6.04 Å². The Kier molecular flexibility index (Phi) is 5.67. The number of fused-ring (bicyclic) bond motifs is 1. The molecule has 1 heterocycles. The van der Waals surface area contributed by atoms with Crippen molar-refractivity contribution in [1.82, 2.24) is 9.88 Å². The van der Waals surface area contributed by atoms with Crippen molar-refractivity contribution in [1.29, 1.82) is 0 Å². The van der Waals surface area contributed by atoms with E-state index in [9.17, 15) is 0 Å². The van der Waals surface area contributed by atoms with Gasteiger partial charge in [-0.25, -0.2) is 0 Å². The zero-order chi connectivity index (χ0) is 17.6. The number of benzene rings is 2. The lowest BCUT2D eigenvalue weighted by atomic mass is 10.0. The first kappa shape index (κ1) is 17.4. The highest BCUT2D eigenvalue weighted by Gasteiger charge is 2.18. The lowest BCUT2D eigenvalue weighted by molar-refractivity contribution is 0.228. The second kappa shape index (κ2) is 8.13. The zero-order valence-corrected chi connectivity index (χ0v) is 15.4. The van der Waals surface area contributed by atoms with Gasteiger partial charge in [0.25, 0.3) is 0 Å². The highest BCUT2D eigenvalue weighted by Crippen LogP contribution is 2.27. The molecule has 3 heteroatoms. The molecule has 3 nitrogen and oxygen atoms in total. The number of para-hydroxylation sites is 1. The first-order valence-corrected chi connectivity index (χ1v) is 9.11. The van der Waals surface area contributed by atoms with Gasteiger partial charge in [0, 0.05) is 23.8 Å². The summed E-state index contributed by atoms with van der Waals surface area (Å²) in [6, 6.07) is 19.5. The summed E-state index contributed by atoms with van der Waals surface area (Å²) in [6.07, 6.45) is 1.96. The predicted octanol–water partition coefficient (Wildman–Crippen LogP) is 5.04. The fourth-order valence-electron chi connectivity index (χ4n) is 3.47. The number of likely N-dealkylation sites (N-methyl/N-ethyl adjacent to an activating group) is 1. The molecule has 0 radical (unpaired) electrons. The van der Waals surface area contributed by atoms with Gasteiger partial charge in [-0.2, -0.15) is 0 Å². The van der Waals surface area contributed by atoms with Crippen LogP contribution in [0.1, 0.15) is 31.0 Å². The number of hydrogen-bond donors (Lipinski definition) is 1. The van der Waals surface area contributed by atoms with E-state index in [4.69, 9.17) is 0 Å². The minimum atomic E-state index is 0.350. The van der Waals surface area contributed by atoms with Crippen molar-refractivity contribution in [3.63, 3.8) is 0 Å². The molecule has 2 aromatic carbocycles. The van der Waals surface area contributed by atoms with Gasteiger partial charge in [0.05, 0.1) is 11.6 Å². The maximum Gasteiger partial charge on any atom is 0.0722 e. The smallest absolute Gasteiger partial charge is 0.0722 e. The molecule has 0 aliphatic carbocycles.